The first kappa shape index (κ1) is 75.4. The fourth-order valence-corrected chi connectivity index (χ4v) is 16.5. The van der Waals surface area contributed by atoms with Crippen molar-refractivity contribution in [2.75, 3.05) is 36.8 Å². The van der Waals surface area contributed by atoms with Crippen molar-refractivity contribution >= 4 is 125 Å². The lowest BCUT2D eigenvalue weighted by molar-refractivity contribution is -0.438. The van der Waals surface area contributed by atoms with E-state index in [9.17, 15) is 93.6 Å². The summed E-state index contributed by atoms with van der Waals surface area (Å²) in [7, 11) is -25.1. The molecule has 1 saturated heterocycles. The zero-order valence-electron chi connectivity index (χ0n) is 53.8. The number of allylic oxidation sites excluding steroid dienone is 6. The minimum atomic E-state index is -5.30. The monoisotopic (exact) mass is 1440 g/mol. The van der Waals surface area contributed by atoms with Gasteiger partial charge in [0.1, 0.15) is 32.5 Å². The molecule has 4 aliphatic heterocycles. The summed E-state index contributed by atoms with van der Waals surface area (Å²) in [5.41, 5.74) is 0.577. The molecule has 5 amide bonds. The van der Waals surface area contributed by atoms with Crippen LogP contribution in [0.25, 0.3) is 21.5 Å². The molecule has 0 spiro atoms. The van der Waals surface area contributed by atoms with Gasteiger partial charge in [0.05, 0.1) is 21.0 Å². The van der Waals surface area contributed by atoms with Crippen LogP contribution in [-0.2, 0) is 95.0 Å². The topological polar surface area (TPSA) is 432 Å². The number of rotatable bonds is 17. The van der Waals surface area contributed by atoms with E-state index >= 15 is 0 Å². The van der Waals surface area contributed by atoms with Crippen LogP contribution in [0.2, 0.25) is 0 Å². The van der Waals surface area contributed by atoms with Gasteiger partial charge in [-0.3, -0.25) is 42.2 Å². The van der Waals surface area contributed by atoms with E-state index in [0.29, 0.717) is 122 Å². The lowest BCUT2D eigenvalue weighted by Gasteiger charge is -2.31. The largest absolute Gasteiger partial charge is 0.744 e. The predicted molar refractivity (Wildman–Crippen MR) is 354 cm³/mol. The van der Waals surface area contributed by atoms with E-state index in [1.165, 1.54) is 12.1 Å². The molecule has 0 bridgehead atoms. The maximum absolute atomic E-state index is 13.7. The number of nitrogens with one attached hydrogen (secondary N) is 3. The number of anilines is 1. The summed E-state index contributed by atoms with van der Waals surface area (Å²) >= 11 is 0. The number of hydroxylamine groups is 2. The number of fused-ring (bicyclic) bond motifs is 9. The second-order valence-corrected chi connectivity index (χ2v) is 32.4. The van der Waals surface area contributed by atoms with Crippen molar-refractivity contribution in [3.8, 4) is 0 Å². The Hall–Kier alpha value is -7.34. The number of unbranched alkanes of at least 4 members (excludes halogenated alkanes) is 3. The van der Waals surface area contributed by atoms with Crippen LogP contribution >= 0.6 is 0 Å². The van der Waals surface area contributed by atoms with Crippen LogP contribution in [0.3, 0.4) is 0 Å². The normalized spacial score (nSPS) is 21.3. The number of amides is 5. The highest BCUT2D eigenvalue weighted by Crippen LogP contribution is 2.55. The van der Waals surface area contributed by atoms with Crippen LogP contribution in [0, 0.1) is 0 Å². The number of benzene rings is 4. The summed E-state index contributed by atoms with van der Waals surface area (Å²) in [5.74, 6) is -3.64. The molecule has 1 fully saturated rings. The Bertz CT molecular complexity index is 4510. The van der Waals surface area contributed by atoms with Crippen LogP contribution in [0.1, 0.15) is 160 Å². The Balaban J connectivity index is 1.14. The third-order valence-corrected chi connectivity index (χ3v) is 22.1. The summed E-state index contributed by atoms with van der Waals surface area (Å²) in [6.45, 7) is 6.22. The molecular weight excluding hydrogens is 1370 g/mol. The molecule has 28 nitrogen and oxygen atoms in total. The number of carbonyl (C=O) groups excluding carboxylic acids is 6. The molecule has 7 N–H and O–H groups in total. The molecule has 528 valence electrons. The predicted octanol–water partition coefficient (Wildman–Crippen LogP) is 7.04. The first-order valence-corrected chi connectivity index (χ1v) is 39.2. The van der Waals surface area contributed by atoms with Crippen molar-refractivity contribution in [2.24, 2.45) is 0 Å². The third-order valence-electron chi connectivity index (χ3n) is 17.9. The van der Waals surface area contributed by atoms with E-state index in [-0.39, 0.29) is 111 Å². The molecule has 2 unspecified atom stereocenters. The number of hydrogen-bond acceptors (Lipinski definition) is 19. The zero-order valence-corrected chi connectivity index (χ0v) is 57.9. The molecule has 8 rings (SSSR count). The smallest absolute Gasteiger partial charge is 0.333 e. The quantitative estimate of drug-likeness (QED) is 0.0241. The van der Waals surface area contributed by atoms with Gasteiger partial charge >= 0.3 is 5.97 Å². The Labute approximate surface area is 563 Å². The first-order valence-electron chi connectivity index (χ1n) is 31.9. The SMILES string of the molecule is CC1(C)C2=[N+](CCCCCC(=O)NC(C(=O)NCCCCCC(=O)ON3C(=O)CCC3=O)CCCCNC(=O)CCCCCC3(C)/C(=C/C=C/C=C/2)N(CCCCS(=O)(=O)O)c2ccc4c(S(=O)(=O)O)cc(S(=O)(=O)O)cc4c23)c2ccc3c(S(=O)(=O)O)cc(S(=O)(=O)[O-])cc3c21. The molecule has 97 heavy (non-hydrogen) atoms. The van der Waals surface area contributed by atoms with Crippen molar-refractivity contribution in [1.29, 1.82) is 0 Å². The van der Waals surface area contributed by atoms with Crippen molar-refractivity contribution in [1.82, 2.24) is 21.0 Å². The standard InChI is InChI=1S/C64H80N6O22S5/c1-63(2)53-21-8-4-9-22-54-64(3,61-47-39-43(95(83,84)85)41-52(97(89,90)91)45(47)27-29-50(61)69(54)36-18-19-37-93(77,78)79)32-14-5-10-23-55(71)65-33-16-13-20-48(62(76)66-34-15-6-12-25-59(75)92-70-57(73)30-31-58(70)74)67-56(72)24-11-7-17-35-68(53)49-28-26-44-46(60(49)63)38-42(94(80,81)82)40-51(44)96(86,87)88/h4,8-9,21-22,26-29,38-41,48H,5-7,10-20,23-25,30-37H2,1-3H3,(H7-,65,66,67,71,72,76,77,78,79,80,81,82,83,84,85,86,87,88,89,90,91). The van der Waals surface area contributed by atoms with Crippen molar-refractivity contribution < 1.29 is 103 Å². The molecule has 4 aliphatic rings. The Kier molecular flexibility index (Phi) is 24.0. The molecule has 0 aromatic heterocycles. The van der Waals surface area contributed by atoms with E-state index in [1.54, 1.807) is 56.4 Å². The molecule has 4 heterocycles. The van der Waals surface area contributed by atoms with Crippen LogP contribution in [0.5, 0.6) is 0 Å². The molecule has 2 atom stereocenters. The highest BCUT2D eigenvalue weighted by molar-refractivity contribution is 7.87. The van der Waals surface area contributed by atoms with E-state index < -0.39 is 122 Å². The maximum Gasteiger partial charge on any atom is 0.333 e. The Morgan fingerprint density at radius 2 is 1.29 bits per heavy atom. The van der Waals surface area contributed by atoms with Gasteiger partial charge in [0, 0.05) is 103 Å². The lowest BCUT2D eigenvalue weighted by atomic mass is 9.75. The van der Waals surface area contributed by atoms with Crippen molar-refractivity contribution in [2.45, 2.75) is 186 Å². The van der Waals surface area contributed by atoms with Gasteiger partial charge in [0.25, 0.3) is 52.3 Å². The lowest BCUT2D eigenvalue weighted by Crippen LogP contribution is -2.47. The van der Waals surface area contributed by atoms with E-state index in [2.05, 4.69) is 16.0 Å². The summed E-state index contributed by atoms with van der Waals surface area (Å²) in [4.78, 5) is 80.1. The third kappa shape index (κ3) is 18.5. The highest BCUT2D eigenvalue weighted by atomic mass is 32.2. The molecule has 4 aromatic rings. The Morgan fingerprint density at radius 1 is 0.660 bits per heavy atom. The number of imide groups is 1. The minimum absolute atomic E-state index is 0.00652. The van der Waals surface area contributed by atoms with Crippen LogP contribution in [-0.4, -0.2) is 154 Å². The van der Waals surface area contributed by atoms with Gasteiger partial charge in [-0.05, 0) is 150 Å². The molecular formula is C64H80N6O22S5. The van der Waals surface area contributed by atoms with Gasteiger partial charge in [0.15, 0.2) is 5.71 Å². The van der Waals surface area contributed by atoms with E-state index in [0.717, 1.165) is 12.1 Å². The van der Waals surface area contributed by atoms with E-state index in [4.69, 9.17) is 4.84 Å². The van der Waals surface area contributed by atoms with Crippen LogP contribution in [0.15, 0.2) is 104 Å². The second kappa shape index (κ2) is 30.8. The second-order valence-electron chi connectivity index (χ2n) is 25.3. The number of carbonyl (C=O) groups is 6. The fourth-order valence-electron chi connectivity index (χ4n) is 13.2. The fraction of sp³-hybridized carbons (Fsp3) is 0.484. The molecule has 4 aromatic carbocycles. The maximum atomic E-state index is 13.7. The van der Waals surface area contributed by atoms with Gasteiger partial charge in [-0.15, -0.1) is 5.06 Å². The number of nitrogens with zero attached hydrogens (tertiary/aromatic N) is 3. The summed E-state index contributed by atoms with van der Waals surface area (Å²) < 4.78 is 182. The Morgan fingerprint density at radius 3 is 1.94 bits per heavy atom. The van der Waals surface area contributed by atoms with Gasteiger partial charge in [-0.2, -0.15) is 38.2 Å². The molecule has 0 aliphatic carbocycles. The van der Waals surface area contributed by atoms with Gasteiger partial charge < -0.3 is 30.2 Å². The summed E-state index contributed by atoms with van der Waals surface area (Å²) in [5, 5.41) is 9.02. The number of hydrogen-bond donors (Lipinski definition) is 7. The van der Waals surface area contributed by atoms with Crippen molar-refractivity contribution in [3.05, 3.63) is 95.7 Å². The molecule has 0 radical (unpaired) electrons. The van der Waals surface area contributed by atoms with Crippen LogP contribution in [0.4, 0.5) is 11.4 Å². The van der Waals surface area contributed by atoms with Gasteiger partial charge in [-0.1, -0.05) is 43.6 Å². The first-order chi connectivity index (χ1) is 45.4. The average Bonchev–Trinajstić information content (AvgIpc) is 1.60. The summed E-state index contributed by atoms with van der Waals surface area (Å²) in [6.07, 6.45) is 13.7. The van der Waals surface area contributed by atoms with E-state index in [1.807, 2.05) is 16.4 Å². The van der Waals surface area contributed by atoms with Gasteiger partial charge in [-0.25, -0.2) is 13.2 Å². The highest BCUT2D eigenvalue weighted by Gasteiger charge is 2.47. The molecule has 0 saturated carbocycles. The molecule has 33 heteroatoms. The zero-order chi connectivity index (χ0) is 71.1. The van der Waals surface area contributed by atoms with Crippen LogP contribution < -0.4 is 20.9 Å². The van der Waals surface area contributed by atoms with Gasteiger partial charge in [0.2, 0.25) is 23.4 Å². The van der Waals surface area contributed by atoms with Crippen molar-refractivity contribution in [3.63, 3.8) is 0 Å². The minimum Gasteiger partial charge on any atom is -0.744 e. The summed E-state index contributed by atoms with van der Waals surface area (Å²) in [6, 6.07) is 8.41. The average molecular weight is 1450 g/mol.